The summed E-state index contributed by atoms with van der Waals surface area (Å²) in [6.07, 6.45) is 0. The number of Topliss-reactive ketones (excluding diaryl/α,β-unsaturated/α-hetero) is 1. The lowest BCUT2D eigenvalue weighted by Gasteiger charge is -2.20. The number of ether oxygens (including phenoxy) is 2. The Kier molecular flexibility index (Phi) is 5.54. The van der Waals surface area contributed by atoms with E-state index in [0.717, 1.165) is 22.7 Å². The van der Waals surface area contributed by atoms with Crippen LogP contribution in [0.25, 0.3) is 0 Å². The van der Waals surface area contributed by atoms with Crippen LogP contribution in [0.5, 0.6) is 11.5 Å². The molecule has 3 aromatic carbocycles. The van der Waals surface area contributed by atoms with E-state index in [4.69, 9.17) is 9.47 Å². The second kappa shape index (κ2) is 8.21. The molecule has 132 valence electrons. The molecule has 3 aromatic rings. The van der Waals surface area contributed by atoms with Gasteiger partial charge in [0.05, 0.1) is 14.2 Å². The Labute approximate surface area is 153 Å². The Hall–Kier alpha value is -3.27. The van der Waals surface area contributed by atoms with Crippen LogP contribution in [0.1, 0.15) is 22.0 Å². The molecule has 1 atom stereocenters. The molecule has 0 heterocycles. The number of ketones is 1. The van der Waals surface area contributed by atoms with Gasteiger partial charge in [-0.1, -0.05) is 30.3 Å². The van der Waals surface area contributed by atoms with Crippen molar-refractivity contribution in [2.75, 3.05) is 19.5 Å². The molecule has 0 saturated heterocycles. The number of rotatable bonds is 7. The van der Waals surface area contributed by atoms with Crippen LogP contribution in [0.15, 0.2) is 78.9 Å². The van der Waals surface area contributed by atoms with E-state index >= 15 is 0 Å². The van der Waals surface area contributed by atoms with Gasteiger partial charge in [0, 0.05) is 11.3 Å². The van der Waals surface area contributed by atoms with E-state index in [1.807, 2.05) is 54.6 Å². The minimum atomic E-state index is -0.503. The fraction of sp³-hybridized carbons (Fsp3) is 0.136. The smallest absolute Gasteiger partial charge is 0.189 e. The molecule has 3 rings (SSSR count). The maximum absolute atomic E-state index is 13.2. The summed E-state index contributed by atoms with van der Waals surface area (Å²) >= 11 is 0. The average molecular weight is 347 g/mol. The average Bonchev–Trinajstić information content (AvgIpc) is 2.72. The van der Waals surface area contributed by atoms with Crippen molar-refractivity contribution in [3.63, 3.8) is 0 Å². The van der Waals surface area contributed by atoms with Gasteiger partial charge in [-0.2, -0.15) is 0 Å². The SMILES string of the molecule is COc1ccc(C(=O)C(Nc2ccccc2)c2ccc(OC)cc2)cc1. The lowest BCUT2D eigenvalue weighted by molar-refractivity contribution is 0.0969. The molecule has 0 radical (unpaired) electrons. The zero-order valence-corrected chi connectivity index (χ0v) is 14.8. The zero-order chi connectivity index (χ0) is 18.4. The van der Waals surface area contributed by atoms with Gasteiger partial charge >= 0.3 is 0 Å². The second-order valence-corrected chi connectivity index (χ2v) is 5.81. The van der Waals surface area contributed by atoms with Crippen LogP contribution in [0.2, 0.25) is 0 Å². The summed E-state index contributed by atoms with van der Waals surface area (Å²) in [7, 11) is 3.23. The lowest BCUT2D eigenvalue weighted by Crippen LogP contribution is -2.21. The number of para-hydroxylation sites is 1. The molecule has 0 fully saturated rings. The minimum absolute atomic E-state index is 0.0123. The monoisotopic (exact) mass is 347 g/mol. The summed E-state index contributed by atoms with van der Waals surface area (Å²) in [4.78, 5) is 13.2. The van der Waals surface area contributed by atoms with E-state index in [-0.39, 0.29) is 5.78 Å². The van der Waals surface area contributed by atoms with Crippen molar-refractivity contribution in [2.24, 2.45) is 0 Å². The van der Waals surface area contributed by atoms with Crippen LogP contribution < -0.4 is 14.8 Å². The van der Waals surface area contributed by atoms with Gasteiger partial charge < -0.3 is 14.8 Å². The fourth-order valence-corrected chi connectivity index (χ4v) is 2.72. The number of anilines is 1. The normalized spacial score (nSPS) is 11.5. The molecular formula is C22H21NO3. The quantitative estimate of drug-likeness (QED) is 0.627. The number of carbonyl (C=O) groups excluding carboxylic acids is 1. The highest BCUT2D eigenvalue weighted by molar-refractivity contribution is 6.02. The second-order valence-electron chi connectivity index (χ2n) is 5.81. The molecule has 4 heteroatoms. The molecule has 0 amide bonds. The predicted molar refractivity (Wildman–Crippen MR) is 103 cm³/mol. The van der Waals surface area contributed by atoms with Crippen LogP contribution in [-0.4, -0.2) is 20.0 Å². The van der Waals surface area contributed by atoms with Crippen molar-refractivity contribution < 1.29 is 14.3 Å². The van der Waals surface area contributed by atoms with Gasteiger partial charge in [-0.15, -0.1) is 0 Å². The van der Waals surface area contributed by atoms with E-state index < -0.39 is 6.04 Å². The number of nitrogens with one attached hydrogen (secondary N) is 1. The van der Waals surface area contributed by atoms with Gasteiger partial charge in [-0.05, 0) is 54.1 Å². The molecule has 0 aliphatic carbocycles. The first-order chi connectivity index (χ1) is 12.7. The lowest BCUT2D eigenvalue weighted by atomic mass is 9.97. The molecule has 1 unspecified atom stereocenters. The summed E-state index contributed by atoms with van der Waals surface area (Å²) in [6.45, 7) is 0. The fourth-order valence-electron chi connectivity index (χ4n) is 2.72. The third-order valence-electron chi connectivity index (χ3n) is 4.17. The maximum Gasteiger partial charge on any atom is 0.189 e. The van der Waals surface area contributed by atoms with Gasteiger partial charge in [-0.25, -0.2) is 0 Å². The molecule has 0 aromatic heterocycles. The van der Waals surface area contributed by atoms with Crippen molar-refractivity contribution in [3.05, 3.63) is 90.0 Å². The minimum Gasteiger partial charge on any atom is -0.497 e. The van der Waals surface area contributed by atoms with Gasteiger partial charge in [0.15, 0.2) is 5.78 Å². The van der Waals surface area contributed by atoms with E-state index in [1.54, 1.807) is 38.5 Å². The van der Waals surface area contributed by atoms with Gasteiger partial charge in [0.2, 0.25) is 0 Å². The number of hydrogen-bond acceptors (Lipinski definition) is 4. The number of carbonyl (C=O) groups is 1. The Morgan fingerprint density at radius 3 is 1.85 bits per heavy atom. The third-order valence-corrected chi connectivity index (χ3v) is 4.17. The topological polar surface area (TPSA) is 47.6 Å². The van der Waals surface area contributed by atoms with E-state index in [1.165, 1.54) is 0 Å². The molecule has 0 spiro atoms. The van der Waals surface area contributed by atoms with Crippen LogP contribution in [0.3, 0.4) is 0 Å². The van der Waals surface area contributed by atoms with E-state index in [2.05, 4.69) is 5.32 Å². The van der Waals surface area contributed by atoms with Crippen molar-refractivity contribution in [1.29, 1.82) is 0 Å². The largest absolute Gasteiger partial charge is 0.497 e. The molecule has 1 N–H and O–H groups in total. The van der Waals surface area contributed by atoms with Crippen LogP contribution in [0, 0.1) is 0 Å². The Morgan fingerprint density at radius 1 is 0.769 bits per heavy atom. The molecule has 26 heavy (non-hydrogen) atoms. The van der Waals surface area contributed by atoms with Crippen molar-refractivity contribution in [1.82, 2.24) is 0 Å². The first-order valence-electron chi connectivity index (χ1n) is 8.35. The highest BCUT2D eigenvalue weighted by atomic mass is 16.5. The van der Waals surface area contributed by atoms with Crippen LogP contribution in [0.4, 0.5) is 5.69 Å². The summed E-state index contributed by atoms with van der Waals surface area (Å²) in [5.41, 5.74) is 2.38. The number of benzene rings is 3. The standard InChI is InChI=1S/C22H21NO3/c1-25-19-12-8-16(9-13-19)21(23-18-6-4-3-5-7-18)22(24)17-10-14-20(26-2)15-11-17/h3-15,21,23H,1-2H3. The first-order valence-corrected chi connectivity index (χ1v) is 8.35. The summed E-state index contributed by atoms with van der Waals surface area (Å²) in [6, 6.07) is 23.9. The van der Waals surface area contributed by atoms with Gasteiger partial charge in [0.25, 0.3) is 0 Å². The highest BCUT2D eigenvalue weighted by Crippen LogP contribution is 2.26. The first kappa shape index (κ1) is 17.5. The summed E-state index contributed by atoms with van der Waals surface area (Å²) in [5, 5.41) is 3.34. The van der Waals surface area contributed by atoms with Gasteiger partial charge in [-0.3, -0.25) is 4.79 Å². The van der Waals surface area contributed by atoms with Crippen molar-refractivity contribution >= 4 is 11.5 Å². The molecule has 0 bridgehead atoms. The van der Waals surface area contributed by atoms with Crippen LogP contribution in [-0.2, 0) is 0 Å². The highest BCUT2D eigenvalue weighted by Gasteiger charge is 2.22. The maximum atomic E-state index is 13.2. The molecule has 0 aliphatic rings. The summed E-state index contributed by atoms with van der Waals surface area (Å²) in [5.74, 6) is 1.46. The molecule has 0 saturated carbocycles. The molecular weight excluding hydrogens is 326 g/mol. The Morgan fingerprint density at radius 2 is 1.31 bits per heavy atom. The van der Waals surface area contributed by atoms with Gasteiger partial charge in [0.1, 0.15) is 17.5 Å². The van der Waals surface area contributed by atoms with Crippen molar-refractivity contribution in [3.8, 4) is 11.5 Å². The Balaban J connectivity index is 1.93. The Bertz CT molecular complexity index is 843. The zero-order valence-electron chi connectivity index (χ0n) is 14.8. The van der Waals surface area contributed by atoms with E-state index in [9.17, 15) is 4.79 Å². The number of hydrogen-bond donors (Lipinski definition) is 1. The van der Waals surface area contributed by atoms with Crippen molar-refractivity contribution in [2.45, 2.75) is 6.04 Å². The predicted octanol–water partition coefficient (Wildman–Crippen LogP) is 4.74. The molecule has 4 nitrogen and oxygen atoms in total. The number of methoxy groups -OCH3 is 2. The molecule has 0 aliphatic heterocycles. The summed E-state index contributed by atoms with van der Waals surface area (Å²) < 4.78 is 10.4. The van der Waals surface area contributed by atoms with E-state index in [0.29, 0.717) is 5.56 Å². The third kappa shape index (κ3) is 4.03. The van der Waals surface area contributed by atoms with Crippen LogP contribution >= 0.6 is 0 Å².